The summed E-state index contributed by atoms with van der Waals surface area (Å²) in [7, 11) is -4.90. The lowest BCUT2D eigenvalue weighted by atomic mass is 10.1. The topological polar surface area (TPSA) is 161 Å². The summed E-state index contributed by atoms with van der Waals surface area (Å²) >= 11 is 5.67. The molecule has 0 aliphatic carbocycles. The summed E-state index contributed by atoms with van der Waals surface area (Å²) in [5.41, 5.74) is 8.20. The van der Waals surface area contributed by atoms with Gasteiger partial charge in [0.2, 0.25) is 5.88 Å². The van der Waals surface area contributed by atoms with Gasteiger partial charge in [0.1, 0.15) is 12.2 Å². The molecule has 14 heteroatoms. The van der Waals surface area contributed by atoms with E-state index in [1.54, 1.807) is 36.5 Å². The SMILES string of the molecule is Nc1c(-c2cc(Cc3ccc(OCc4ccnc(Cl)c4F)nc3)no2)ccc[n+]1COP(=O)([O-])O. The Balaban J connectivity index is 1.40. The first-order valence-electron chi connectivity index (χ1n) is 9.98. The highest BCUT2D eigenvalue weighted by atomic mass is 35.5. The first-order chi connectivity index (χ1) is 16.7. The molecule has 0 aliphatic heterocycles. The van der Waals surface area contributed by atoms with Crippen molar-refractivity contribution in [3.8, 4) is 17.2 Å². The van der Waals surface area contributed by atoms with E-state index in [2.05, 4.69) is 19.6 Å². The van der Waals surface area contributed by atoms with Gasteiger partial charge >= 0.3 is 0 Å². The van der Waals surface area contributed by atoms with Gasteiger partial charge in [-0.05, 0) is 23.8 Å². The summed E-state index contributed by atoms with van der Waals surface area (Å²) in [6.45, 7) is -0.555. The second-order valence-electron chi connectivity index (χ2n) is 7.23. The number of hydrogen-bond acceptors (Lipinski definition) is 9. The van der Waals surface area contributed by atoms with E-state index in [1.165, 1.54) is 23.0 Å². The van der Waals surface area contributed by atoms with Crippen LogP contribution in [0.3, 0.4) is 0 Å². The van der Waals surface area contributed by atoms with Gasteiger partial charge in [0.25, 0.3) is 13.6 Å². The minimum atomic E-state index is -4.90. The summed E-state index contributed by atoms with van der Waals surface area (Å²) in [6, 6.07) is 9.86. The number of nitrogen functional groups attached to an aromatic ring is 1. The number of phosphoric acid groups is 1. The Labute approximate surface area is 203 Å². The Bertz CT molecular complexity index is 1380. The summed E-state index contributed by atoms with van der Waals surface area (Å²) < 4.78 is 41.3. The first kappa shape index (κ1) is 24.7. The van der Waals surface area contributed by atoms with Crippen molar-refractivity contribution >= 4 is 25.2 Å². The highest BCUT2D eigenvalue weighted by Gasteiger charge is 2.18. The fraction of sp³-hybridized carbons (Fsp3) is 0.143. The van der Waals surface area contributed by atoms with E-state index in [1.807, 2.05) is 0 Å². The van der Waals surface area contributed by atoms with E-state index in [0.717, 1.165) is 5.56 Å². The molecule has 0 aliphatic rings. The lowest BCUT2D eigenvalue weighted by molar-refractivity contribution is -0.712. The first-order valence-corrected chi connectivity index (χ1v) is 11.9. The predicted molar refractivity (Wildman–Crippen MR) is 118 cm³/mol. The van der Waals surface area contributed by atoms with Gasteiger partial charge in [0.05, 0.1) is 11.9 Å². The molecule has 0 amide bonds. The number of nitrogens with two attached hydrogens (primary N) is 1. The maximum Gasteiger partial charge on any atom is 0.285 e. The molecular weight excluding hydrogens is 504 g/mol. The highest BCUT2D eigenvalue weighted by Crippen LogP contribution is 2.30. The summed E-state index contributed by atoms with van der Waals surface area (Å²) in [6.07, 6.45) is 4.87. The van der Waals surface area contributed by atoms with Crippen molar-refractivity contribution in [3.63, 3.8) is 0 Å². The van der Waals surface area contributed by atoms with Crippen molar-refractivity contribution in [1.82, 2.24) is 15.1 Å². The summed E-state index contributed by atoms with van der Waals surface area (Å²) in [5.74, 6) is 0.172. The zero-order valence-electron chi connectivity index (χ0n) is 17.9. The quantitative estimate of drug-likeness (QED) is 0.190. The largest absolute Gasteiger partial charge is 0.756 e. The van der Waals surface area contributed by atoms with Gasteiger partial charge in [-0.25, -0.2) is 18.9 Å². The van der Waals surface area contributed by atoms with Gasteiger partial charge in [-0.2, -0.15) is 0 Å². The fourth-order valence-electron chi connectivity index (χ4n) is 3.07. The molecule has 1 atom stereocenters. The Morgan fingerprint density at radius 2 is 2.11 bits per heavy atom. The van der Waals surface area contributed by atoms with Gasteiger partial charge < -0.3 is 19.0 Å². The van der Waals surface area contributed by atoms with E-state index in [-0.39, 0.29) is 23.1 Å². The molecule has 4 aromatic rings. The smallest absolute Gasteiger partial charge is 0.285 e. The van der Waals surface area contributed by atoms with Gasteiger partial charge in [-0.15, -0.1) is 0 Å². The predicted octanol–water partition coefficient (Wildman–Crippen LogP) is 2.40. The molecule has 11 nitrogen and oxygen atoms in total. The molecule has 3 N–H and O–H groups in total. The fourth-order valence-corrected chi connectivity index (χ4v) is 3.52. The number of rotatable bonds is 9. The highest BCUT2D eigenvalue weighted by molar-refractivity contribution is 7.44. The number of hydrogen-bond donors (Lipinski definition) is 2. The van der Waals surface area contributed by atoms with Crippen molar-refractivity contribution in [1.29, 1.82) is 0 Å². The number of aromatic nitrogens is 4. The molecule has 0 saturated carbocycles. The average molecular weight is 522 g/mol. The van der Waals surface area contributed by atoms with E-state index in [4.69, 9.17) is 31.5 Å². The van der Waals surface area contributed by atoms with Crippen LogP contribution in [0, 0.1) is 5.82 Å². The molecule has 4 heterocycles. The number of phosphoric ester groups is 1. The van der Waals surface area contributed by atoms with E-state index < -0.39 is 20.4 Å². The zero-order chi connectivity index (χ0) is 25.0. The van der Waals surface area contributed by atoms with Crippen LogP contribution in [0.1, 0.15) is 16.8 Å². The normalized spacial score (nSPS) is 12.9. The van der Waals surface area contributed by atoms with Gasteiger partial charge in [-0.1, -0.05) is 22.8 Å². The minimum Gasteiger partial charge on any atom is -0.756 e. The summed E-state index contributed by atoms with van der Waals surface area (Å²) in [4.78, 5) is 27.5. The lowest BCUT2D eigenvalue weighted by Gasteiger charge is -2.14. The van der Waals surface area contributed by atoms with Crippen molar-refractivity contribution < 1.29 is 37.1 Å². The average Bonchev–Trinajstić information content (AvgIpc) is 3.28. The number of nitrogens with zero attached hydrogens (tertiary/aromatic N) is 4. The van der Waals surface area contributed by atoms with Crippen LogP contribution in [0.25, 0.3) is 11.3 Å². The van der Waals surface area contributed by atoms with Crippen molar-refractivity contribution in [2.45, 2.75) is 19.8 Å². The van der Waals surface area contributed by atoms with Gasteiger partial charge in [-0.3, -0.25) is 14.8 Å². The maximum atomic E-state index is 13.9. The third-order valence-electron chi connectivity index (χ3n) is 4.78. The van der Waals surface area contributed by atoms with Crippen LogP contribution in [0.5, 0.6) is 5.88 Å². The third-order valence-corrected chi connectivity index (χ3v) is 5.49. The van der Waals surface area contributed by atoms with Crippen LogP contribution in [0.4, 0.5) is 10.2 Å². The van der Waals surface area contributed by atoms with Gasteiger partial charge in [0.15, 0.2) is 23.5 Å². The third kappa shape index (κ3) is 6.38. The Morgan fingerprint density at radius 3 is 2.86 bits per heavy atom. The van der Waals surface area contributed by atoms with E-state index >= 15 is 0 Å². The number of halogens is 2. The van der Waals surface area contributed by atoms with Gasteiger partial charge in [0, 0.05) is 36.5 Å². The minimum absolute atomic E-state index is 0.0543. The molecule has 0 spiro atoms. The van der Waals surface area contributed by atoms with Crippen LogP contribution in [0.2, 0.25) is 5.15 Å². The Morgan fingerprint density at radius 1 is 1.29 bits per heavy atom. The van der Waals surface area contributed by atoms with Crippen LogP contribution in [-0.2, 0) is 28.8 Å². The molecule has 4 aromatic heterocycles. The van der Waals surface area contributed by atoms with Crippen LogP contribution in [0.15, 0.2) is 59.5 Å². The summed E-state index contributed by atoms with van der Waals surface area (Å²) in [5, 5.41) is 3.81. The van der Waals surface area contributed by atoms with Crippen molar-refractivity contribution in [2.24, 2.45) is 0 Å². The van der Waals surface area contributed by atoms with E-state index in [0.29, 0.717) is 29.3 Å². The molecule has 35 heavy (non-hydrogen) atoms. The Kier molecular flexibility index (Phi) is 7.39. The molecule has 0 saturated heterocycles. The molecule has 1 unspecified atom stereocenters. The lowest BCUT2D eigenvalue weighted by Crippen LogP contribution is -2.38. The zero-order valence-corrected chi connectivity index (χ0v) is 19.5. The maximum absolute atomic E-state index is 13.9. The monoisotopic (exact) mass is 521 g/mol. The standard InChI is InChI=1S/C21H18ClFN5O6P/c22-20-19(23)14(5-6-25-20)11-32-18-4-3-13(10-26-18)8-15-9-17(34-27-15)16-2-1-7-28(21(16)24)12-33-35(29,30)31/h1-7,9-10,24H,8,11-12H2,(H2,29,30,31). The van der Waals surface area contributed by atoms with Crippen molar-refractivity contribution in [3.05, 3.63) is 82.8 Å². The molecular formula is C21H18ClFN5O6P. The van der Waals surface area contributed by atoms with Crippen LogP contribution >= 0.6 is 19.4 Å². The number of anilines is 1. The second kappa shape index (κ2) is 10.5. The Hall–Kier alpha value is -3.41. The van der Waals surface area contributed by atoms with E-state index in [9.17, 15) is 13.8 Å². The molecule has 0 radical (unpaired) electrons. The molecule has 182 valence electrons. The molecule has 0 aromatic carbocycles. The number of ether oxygens (including phenoxy) is 1. The molecule has 0 fully saturated rings. The van der Waals surface area contributed by atoms with Crippen molar-refractivity contribution in [2.75, 3.05) is 5.73 Å². The second-order valence-corrected chi connectivity index (χ2v) is 8.78. The van der Waals surface area contributed by atoms with Crippen LogP contribution in [-0.4, -0.2) is 20.0 Å². The molecule has 4 rings (SSSR count). The molecule has 0 bridgehead atoms. The number of pyridine rings is 3. The van der Waals surface area contributed by atoms with Crippen LogP contribution < -0.4 is 19.9 Å².